The number of aromatic hydroxyl groups is 1. The van der Waals surface area contributed by atoms with Crippen molar-refractivity contribution in [1.82, 2.24) is 9.97 Å². The van der Waals surface area contributed by atoms with Crippen LogP contribution in [0.15, 0.2) is 33.9 Å². The van der Waals surface area contributed by atoms with Gasteiger partial charge in [0.1, 0.15) is 0 Å². The number of aromatic amines is 2. The number of H-pyrrole nitrogens is 2. The molecule has 0 saturated heterocycles. The number of hydrogen-bond acceptors (Lipinski definition) is 5. The Morgan fingerprint density at radius 3 is 2.40 bits per heavy atom. The number of carbonyl (C=O) groups is 1. The van der Waals surface area contributed by atoms with Gasteiger partial charge in [-0.25, -0.2) is 4.79 Å². The van der Waals surface area contributed by atoms with Crippen LogP contribution in [-0.2, 0) is 6.54 Å². The third-order valence-corrected chi connectivity index (χ3v) is 2.60. The van der Waals surface area contributed by atoms with Gasteiger partial charge in [0.15, 0.2) is 5.56 Å². The fourth-order valence-corrected chi connectivity index (χ4v) is 1.60. The number of benzene rings is 1. The second-order valence-corrected chi connectivity index (χ2v) is 3.99. The van der Waals surface area contributed by atoms with Crippen molar-refractivity contribution in [3.05, 3.63) is 56.2 Å². The highest BCUT2D eigenvalue weighted by Crippen LogP contribution is 2.12. The van der Waals surface area contributed by atoms with E-state index in [0.29, 0.717) is 12.2 Å². The van der Waals surface area contributed by atoms with E-state index in [9.17, 15) is 19.5 Å². The zero-order valence-corrected chi connectivity index (χ0v) is 10.3. The van der Waals surface area contributed by atoms with Gasteiger partial charge in [-0.05, 0) is 17.7 Å². The highest BCUT2D eigenvalue weighted by molar-refractivity contribution is 6.05. The lowest BCUT2D eigenvalue weighted by molar-refractivity contribution is 0.102. The largest absolute Gasteiger partial charge is 0.494 e. The van der Waals surface area contributed by atoms with Crippen molar-refractivity contribution in [3.8, 4) is 5.88 Å². The predicted molar refractivity (Wildman–Crippen MR) is 71.6 cm³/mol. The molecule has 8 heteroatoms. The van der Waals surface area contributed by atoms with Crippen molar-refractivity contribution in [2.45, 2.75) is 6.54 Å². The smallest absolute Gasteiger partial charge is 0.328 e. The zero-order chi connectivity index (χ0) is 14.7. The van der Waals surface area contributed by atoms with Crippen molar-refractivity contribution in [2.24, 2.45) is 5.73 Å². The molecule has 0 aliphatic rings. The maximum absolute atomic E-state index is 11.9. The lowest BCUT2D eigenvalue weighted by atomic mass is 10.2. The number of carbonyl (C=O) groups excluding carboxylic acids is 1. The number of rotatable bonds is 3. The number of amides is 1. The summed E-state index contributed by atoms with van der Waals surface area (Å²) >= 11 is 0. The van der Waals surface area contributed by atoms with Crippen LogP contribution in [0.4, 0.5) is 5.69 Å². The molecule has 0 fully saturated rings. The number of aromatic nitrogens is 2. The van der Waals surface area contributed by atoms with E-state index in [1.54, 1.807) is 24.3 Å². The van der Waals surface area contributed by atoms with E-state index in [2.05, 4.69) is 5.32 Å². The van der Waals surface area contributed by atoms with Gasteiger partial charge in [0.05, 0.1) is 0 Å². The number of hydrogen-bond donors (Lipinski definition) is 5. The quantitative estimate of drug-likeness (QED) is 0.513. The van der Waals surface area contributed by atoms with Crippen molar-refractivity contribution >= 4 is 11.6 Å². The Morgan fingerprint density at radius 2 is 1.85 bits per heavy atom. The van der Waals surface area contributed by atoms with Gasteiger partial charge >= 0.3 is 5.69 Å². The van der Waals surface area contributed by atoms with Gasteiger partial charge < -0.3 is 16.2 Å². The van der Waals surface area contributed by atoms with E-state index < -0.39 is 28.6 Å². The molecule has 0 bridgehead atoms. The van der Waals surface area contributed by atoms with Gasteiger partial charge in [-0.2, -0.15) is 0 Å². The van der Waals surface area contributed by atoms with E-state index in [1.165, 1.54) is 0 Å². The van der Waals surface area contributed by atoms with E-state index in [-0.39, 0.29) is 0 Å². The molecule has 1 aromatic heterocycles. The van der Waals surface area contributed by atoms with Crippen LogP contribution in [0.5, 0.6) is 5.88 Å². The van der Waals surface area contributed by atoms with Gasteiger partial charge in [-0.3, -0.25) is 19.6 Å². The second kappa shape index (κ2) is 5.41. The third-order valence-electron chi connectivity index (χ3n) is 2.60. The molecule has 0 aliphatic heterocycles. The van der Waals surface area contributed by atoms with E-state index in [0.717, 1.165) is 5.56 Å². The summed E-state index contributed by atoms with van der Waals surface area (Å²) in [4.78, 5) is 38.1. The van der Waals surface area contributed by atoms with Crippen LogP contribution in [0.3, 0.4) is 0 Å². The number of nitrogens with two attached hydrogens (primary N) is 1. The molecule has 0 saturated carbocycles. The summed E-state index contributed by atoms with van der Waals surface area (Å²) < 4.78 is 0. The maximum Gasteiger partial charge on any atom is 0.328 e. The molecule has 1 heterocycles. The highest BCUT2D eigenvalue weighted by Gasteiger charge is 2.17. The summed E-state index contributed by atoms with van der Waals surface area (Å²) in [5.41, 5.74) is 4.33. The zero-order valence-electron chi connectivity index (χ0n) is 10.3. The monoisotopic (exact) mass is 276 g/mol. The van der Waals surface area contributed by atoms with Gasteiger partial charge in [0.25, 0.3) is 11.5 Å². The third kappa shape index (κ3) is 2.75. The van der Waals surface area contributed by atoms with Crippen LogP contribution in [0.1, 0.15) is 15.9 Å². The molecule has 1 aromatic carbocycles. The SMILES string of the molecule is NCc1ccc(NC(=O)c2c(O)[nH]c(=O)[nH]c2=O)cc1. The normalized spacial score (nSPS) is 10.2. The van der Waals surface area contributed by atoms with Crippen LogP contribution < -0.4 is 22.3 Å². The molecule has 0 spiro atoms. The number of nitrogens with one attached hydrogen (secondary N) is 3. The van der Waals surface area contributed by atoms with E-state index in [1.807, 2.05) is 9.97 Å². The molecule has 0 aliphatic carbocycles. The minimum Gasteiger partial charge on any atom is -0.494 e. The molecule has 2 rings (SSSR count). The van der Waals surface area contributed by atoms with Gasteiger partial charge in [-0.15, -0.1) is 0 Å². The fraction of sp³-hybridized carbons (Fsp3) is 0.0833. The average Bonchev–Trinajstić information content (AvgIpc) is 2.38. The summed E-state index contributed by atoms with van der Waals surface area (Å²) in [7, 11) is 0. The molecule has 104 valence electrons. The maximum atomic E-state index is 11.9. The van der Waals surface area contributed by atoms with Crippen molar-refractivity contribution in [1.29, 1.82) is 0 Å². The van der Waals surface area contributed by atoms with Crippen LogP contribution in [0.25, 0.3) is 0 Å². The molecule has 1 amide bonds. The molecular weight excluding hydrogens is 264 g/mol. The fourth-order valence-electron chi connectivity index (χ4n) is 1.60. The second-order valence-electron chi connectivity index (χ2n) is 3.99. The van der Waals surface area contributed by atoms with Crippen molar-refractivity contribution in [2.75, 3.05) is 5.32 Å². The first-order chi connectivity index (χ1) is 9.51. The van der Waals surface area contributed by atoms with E-state index in [4.69, 9.17) is 5.73 Å². The Bertz CT molecular complexity index is 745. The minimum absolute atomic E-state index is 0.370. The van der Waals surface area contributed by atoms with Crippen LogP contribution in [-0.4, -0.2) is 21.0 Å². The first kappa shape index (κ1) is 13.6. The van der Waals surface area contributed by atoms with Crippen molar-refractivity contribution in [3.63, 3.8) is 0 Å². The average molecular weight is 276 g/mol. The first-order valence-corrected chi connectivity index (χ1v) is 5.67. The molecule has 2 aromatic rings. The molecule has 8 nitrogen and oxygen atoms in total. The predicted octanol–water partition coefficient (Wildman–Crippen LogP) is -0.520. The summed E-state index contributed by atoms with van der Waals surface area (Å²) in [5, 5.41) is 11.9. The summed E-state index contributed by atoms with van der Waals surface area (Å²) in [5.74, 6) is -1.62. The van der Waals surface area contributed by atoms with Crippen LogP contribution in [0, 0.1) is 0 Å². The van der Waals surface area contributed by atoms with Gasteiger partial charge in [-0.1, -0.05) is 12.1 Å². The summed E-state index contributed by atoms with van der Waals surface area (Å²) in [6, 6.07) is 6.65. The van der Waals surface area contributed by atoms with E-state index >= 15 is 0 Å². The lowest BCUT2D eigenvalue weighted by Crippen LogP contribution is -2.30. The summed E-state index contributed by atoms with van der Waals surface area (Å²) in [6.07, 6.45) is 0. The standard InChI is InChI=1S/C12H12N4O4/c13-5-6-1-3-7(4-2-6)14-9(17)8-10(18)15-12(20)16-11(8)19/h1-4H,5,13H2,(H,14,17)(H3,15,16,18,19,20). The Labute approximate surface area is 112 Å². The topological polar surface area (TPSA) is 141 Å². The molecular formula is C12H12N4O4. The minimum atomic E-state index is -0.970. The first-order valence-electron chi connectivity index (χ1n) is 5.67. The van der Waals surface area contributed by atoms with Crippen molar-refractivity contribution < 1.29 is 9.90 Å². The lowest BCUT2D eigenvalue weighted by Gasteiger charge is -2.06. The van der Waals surface area contributed by atoms with Gasteiger partial charge in [0, 0.05) is 12.2 Å². The van der Waals surface area contributed by atoms with Crippen LogP contribution >= 0.6 is 0 Å². The Balaban J connectivity index is 2.28. The molecule has 0 unspecified atom stereocenters. The molecule has 0 atom stereocenters. The highest BCUT2D eigenvalue weighted by atomic mass is 16.3. The Hall–Kier alpha value is -2.87. The molecule has 20 heavy (non-hydrogen) atoms. The Morgan fingerprint density at radius 1 is 1.20 bits per heavy atom. The van der Waals surface area contributed by atoms with Gasteiger partial charge in [0.2, 0.25) is 5.88 Å². The molecule has 6 N–H and O–H groups in total. The van der Waals surface area contributed by atoms with Crippen LogP contribution in [0.2, 0.25) is 0 Å². The number of anilines is 1. The summed E-state index contributed by atoms with van der Waals surface area (Å²) in [6.45, 7) is 0.370. The Kier molecular flexibility index (Phi) is 3.67. The molecule has 0 radical (unpaired) electrons.